The highest BCUT2D eigenvalue weighted by atomic mass is 16.6. The first-order valence-corrected chi connectivity index (χ1v) is 4.73. The number of carbonyl (C=O) groups is 2. The molecule has 0 fully saturated rings. The lowest BCUT2D eigenvalue weighted by Crippen LogP contribution is -2.30. The van der Waals surface area contributed by atoms with Crippen LogP contribution in [0, 0.1) is 6.42 Å². The molecule has 0 aromatic carbocycles. The van der Waals surface area contributed by atoms with Crippen molar-refractivity contribution in [2.24, 2.45) is 5.73 Å². The van der Waals surface area contributed by atoms with Gasteiger partial charge in [0.15, 0.2) is 0 Å². The molecule has 1 radical (unpaired) electrons. The first-order valence-electron chi connectivity index (χ1n) is 4.73. The zero-order chi connectivity index (χ0) is 11.7. The van der Waals surface area contributed by atoms with Crippen LogP contribution in [0.1, 0.15) is 12.8 Å². The number of nitrogens with one attached hydrogen (secondary N) is 1. The molecule has 0 atom stereocenters. The summed E-state index contributed by atoms with van der Waals surface area (Å²) in [4.78, 5) is 22.6. The van der Waals surface area contributed by atoms with E-state index in [1.807, 2.05) is 6.42 Å². The quantitative estimate of drug-likeness (QED) is 0.628. The molecule has 15 heavy (non-hydrogen) atoms. The molecule has 0 saturated carbocycles. The lowest BCUT2D eigenvalue weighted by atomic mass is 10.2. The number of carbonyl (C=O) groups excluding carboxylic acids is 2. The Morgan fingerprint density at radius 2 is 2.13 bits per heavy atom. The highest BCUT2D eigenvalue weighted by Gasteiger charge is 2.03. The predicted octanol–water partition coefficient (Wildman–Crippen LogP) is 0.337. The Morgan fingerprint density at radius 1 is 1.47 bits per heavy atom. The average molecular weight is 216 g/mol. The maximum Gasteiger partial charge on any atom is 0.409 e. The minimum atomic E-state index is -0.519. The van der Waals surface area contributed by atoms with Crippen LogP contribution in [0.3, 0.4) is 0 Å². The van der Waals surface area contributed by atoms with E-state index in [0.717, 1.165) is 12.8 Å². The Bertz CT molecular complexity index is 207. The fourth-order valence-corrected chi connectivity index (χ4v) is 0.801. The number of hydrogen-bond acceptors (Lipinski definition) is 3. The van der Waals surface area contributed by atoms with E-state index in [2.05, 4.69) is 5.32 Å². The third-order valence-corrected chi connectivity index (χ3v) is 1.57. The Morgan fingerprint density at radius 3 is 2.67 bits per heavy atom. The second kappa shape index (κ2) is 7.90. The van der Waals surface area contributed by atoms with Crippen LogP contribution in [0.5, 0.6) is 0 Å². The maximum atomic E-state index is 10.9. The Labute approximate surface area is 89.7 Å². The molecule has 3 N–H and O–H groups in total. The molecular formula is C9H18N3O3. The SMILES string of the molecule is CN(C)C(=O)OC[CH]CCCNC(N)=O. The number of urea groups is 1. The van der Waals surface area contributed by atoms with Crippen molar-refractivity contribution in [3.63, 3.8) is 0 Å². The monoisotopic (exact) mass is 216 g/mol. The molecule has 0 aliphatic carbocycles. The topological polar surface area (TPSA) is 84.7 Å². The largest absolute Gasteiger partial charge is 0.449 e. The van der Waals surface area contributed by atoms with Crippen molar-refractivity contribution in [3.05, 3.63) is 6.42 Å². The van der Waals surface area contributed by atoms with Gasteiger partial charge in [-0.3, -0.25) is 0 Å². The van der Waals surface area contributed by atoms with Crippen LogP contribution < -0.4 is 11.1 Å². The van der Waals surface area contributed by atoms with Crippen molar-refractivity contribution in [3.8, 4) is 0 Å². The average Bonchev–Trinajstić information content (AvgIpc) is 2.15. The van der Waals surface area contributed by atoms with Gasteiger partial charge in [-0.15, -0.1) is 0 Å². The van der Waals surface area contributed by atoms with Gasteiger partial charge in [-0.05, 0) is 19.3 Å². The van der Waals surface area contributed by atoms with Crippen LogP contribution in [-0.2, 0) is 4.74 Å². The molecule has 6 nitrogen and oxygen atoms in total. The summed E-state index contributed by atoms with van der Waals surface area (Å²) in [5.41, 5.74) is 4.87. The summed E-state index contributed by atoms with van der Waals surface area (Å²) in [6, 6.07) is -0.519. The van der Waals surface area contributed by atoms with E-state index in [1.54, 1.807) is 14.1 Å². The van der Waals surface area contributed by atoms with Crippen LogP contribution in [0.2, 0.25) is 0 Å². The Balaban J connectivity index is 3.18. The van der Waals surface area contributed by atoms with Crippen LogP contribution in [0.25, 0.3) is 0 Å². The molecule has 0 unspecified atom stereocenters. The van der Waals surface area contributed by atoms with Crippen molar-refractivity contribution < 1.29 is 14.3 Å². The molecule has 0 saturated heterocycles. The highest BCUT2D eigenvalue weighted by Crippen LogP contribution is 1.95. The minimum absolute atomic E-state index is 0.285. The second-order valence-electron chi connectivity index (χ2n) is 3.19. The van der Waals surface area contributed by atoms with Gasteiger partial charge in [-0.1, -0.05) is 0 Å². The summed E-state index contributed by atoms with van der Waals surface area (Å²) in [6.07, 6.45) is 3.02. The normalized spacial score (nSPS) is 9.47. The lowest BCUT2D eigenvalue weighted by molar-refractivity contribution is 0.125. The molecule has 0 heterocycles. The van der Waals surface area contributed by atoms with Gasteiger partial charge in [-0.25, -0.2) is 9.59 Å². The van der Waals surface area contributed by atoms with Gasteiger partial charge in [0.25, 0.3) is 0 Å². The van der Waals surface area contributed by atoms with Crippen molar-refractivity contribution >= 4 is 12.1 Å². The lowest BCUT2D eigenvalue weighted by Gasteiger charge is -2.10. The van der Waals surface area contributed by atoms with Gasteiger partial charge < -0.3 is 20.7 Å². The third kappa shape index (κ3) is 8.86. The van der Waals surface area contributed by atoms with E-state index in [1.165, 1.54) is 4.90 Å². The van der Waals surface area contributed by atoms with Gasteiger partial charge in [0.2, 0.25) is 0 Å². The van der Waals surface area contributed by atoms with Gasteiger partial charge in [0.1, 0.15) is 0 Å². The van der Waals surface area contributed by atoms with Crippen LogP contribution in [0.15, 0.2) is 0 Å². The highest BCUT2D eigenvalue weighted by molar-refractivity contribution is 5.71. The molecule has 0 bridgehead atoms. The summed E-state index contributed by atoms with van der Waals surface area (Å²) >= 11 is 0. The summed E-state index contributed by atoms with van der Waals surface area (Å²) in [5.74, 6) is 0. The summed E-state index contributed by atoms with van der Waals surface area (Å²) in [5, 5.41) is 2.47. The van der Waals surface area contributed by atoms with Gasteiger partial charge in [-0.2, -0.15) is 0 Å². The van der Waals surface area contributed by atoms with E-state index in [4.69, 9.17) is 10.5 Å². The number of rotatable bonds is 6. The molecule has 87 valence electrons. The van der Waals surface area contributed by atoms with E-state index in [9.17, 15) is 9.59 Å². The van der Waals surface area contributed by atoms with Gasteiger partial charge in [0, 0.05) is 20.6 Å². The first kappa shape index (κ1) is 13.5. The molecule has 0 rings (SSSR count). The fraction of sp³-hybridized carbons (Fsp3) is 0.667. The van der Waals surface area contributed by atoms with Crippen LogP contribution in [-0.4, -0.2) is 44.3 Å². The number of amides is 3. The summed E-state index contributed by atoms with van der Waals surface area (Å²) < 4.78 is 4.85. The van der Waals surface area contributed by atoms with E-state index in [0.29, 0.717) is 6.54 Å². The van der Waals surface area contributed by atoms with Crippen LogP contribution in [0.4, 0.5) is 9.59 Å². The van der Waals surface area contributed by atoms with Crippen LogP contribution >= 0.6 is 0 Å². The Kier molecular flexibility index (Phi) is 7.13. The fourth-order valence-electron chi connectivity index (χ4n) is 0.801. The molecule has 0 aromatic rings. The smallest absolute Gasteiger partial charge is 0.409 e. The zero-order valence-electron chi connectivity index (χ0n) is 9.16. The standard InChI is InChI=1S/C9H18N3O3/c1-12(2)9(14)15-7-5-3-4-6-11-8(10)13/h5H,3-4,6-7H2,1-2H3,(H3,10,11,13). The van der Waals surface area contributed by atoms with E-state index in [-0.39, 0.29) is 12.7 Å². The van der Waals surface area contributed by atoms with E-state index < -0.39 is 6.03 Å². The van der Waals surface area contributed by atoms with Crippen molar-refractivity contribution in [1.29, 1.82) is 0 Å². The second-order valence-corrected chi connectivity index (χ2v) is 3.19. The first-order chi connectivity index (χ1) is 7.04. The third-order valence-electron chi connectivity index (χ3n) is 1.57. The number of ether oxygens (including phenoxy) is 1. The van der Waals surface area contributed by atoms with Crippen molar-refractivity contribution in [2.75, 3.05) is 27.2 Å². The number of unbranched alkanes of at least 4 members (excludes halogenated alkanes) is 2. The molecule has 3 amide bonds. The number of primary amides is 1. The predicted molar refractivity (Wildman–Crippen MR) is 56.2 cm³/mol. The van der Waals surface area contributed by atoms with Crippen molar-refractivity contribution in [2.45, 2.75) is 12.8 Å². The zero-order valence-corrected chi connectivity index (χ0v) is 9.16. The molecular weight excluding hydrogens is 198 g/mol. The maximum absolute atomic E-state index is 10.9. The summed E-state index contributed by atoms with van der Waals surface area (Å²) in [7, 11) is 3.25. The molecule has 0 spiro atoms. The molecule has 0 aliphatic rings. The number of nitrogens with two attached hydrogens (primary N) is 1. The Hall–Kier alpha value is -1.46. The van der Waals surface area contributed by atoms with E-state index >= 15 is 0 Å². The summed E-state index contributed by atoms with van der Waals surface area (Å²) in [6.45, 7) is 0.820. The number of hydrogen-bond donors (Lipinski definition) is 2. The number of nitrogens with zero attached hydrogens (tertiary/aromatic N) is 1. The minimum Gasteiger partial charge on any atom is -0.449 e. The van der Waals surface area contributed by atoms with Gasteiger partial charge in [0.05, 0.1) is 6.61 Å². The van der Waals surface area contributed by atoms with Crippen molar-refractivity contribution in [1.82, 2.24) is 10.2 Å². The molecule has 0 aromatic heterocycles. The molecule has 0 aliphatic heterocycles. The molecule has 6 heteroatoms. The van der Waals surface area contributed by atoms with Gasteiger partial charge >= 0.3 is 12.1 Å².